The van der Waals surface area contributed by atoms with E-state index >= 15 is 0 Å². The van der Waals surface area contributed by atoms with Crippen molar-refractivity contribution in [1.82, 2.24) is 0 Å². The van der Waals surface area contributed by atoms with Crippen molar-refractivity contribution in [1.29, 1.82) is 0 Å². The Labute approximate surface area is 200 Å². The van der Waals surface area contributed by atoms with Gasteiger partial charge in [0.05, 0.1) is 0 Å². The highest BCUT2D eigenvalue weighted by molar-refractivity contribution is 14.2. The van der Waals surface area contributed by atoms with Crippen LogP contribution in [0.5, 0.6) is 0 Å². The van der Waals surface area contributed by atoms with Crippen LogP contribution >= 0.6 is 45.2 Å². The lowest BCUT2D eigenvalue weighted by atomic mass is 9.46. The van der Waals surface area contributed by atoms with Crippen LogP contribution in [0, 0.1) is 28.6 Å². The number of hydrogen-bond donors (Lipinski definition) is 0. The lowest BCUT2D eigenvalue weighted by Crippen LogP contribution is -2.60. The van der Waals surface area contributed by atoms with Crippen molar-refractivity contribution in [3.8, 4) is 0 Å². The second-order valence-electron chi connectivity index (χ2n) is 10.0. The Bertz CT molecular complexity index is 790. The fraction of sp³-hybridized carbons (Fsp3) is 0.783. The van der Waals surface area contributed by atoms with Crippen molar-refractivity contribution in [3.63, 3.8) is 0 Å². The molecule has 0 bridgehead atoms. The minimum absolute atomic E-state index is 0.0724. The maximum absolute atomic E-state index is 13.4. The predicted molar refractivity (Wildman–Crippen MR) is 128 cm³/mol. The van der Waals surface area contributed by atoms with E-state index in [1.54, 1.807) is 0 Å². The number of hydrogen-bond acceptors (Lipinski definition) is 4. The monoisotopic (exact) mass is 624 g/mol. The lowest BCUT2D eigenvalue weighted by Gasteiger charge is -2.59. The molecule has 4 aliphatic carbocycles. The lowest BCUT2D eigenvalue weighted by molar-refractivity contribution is -0.187. The molecule has 0 spiro atoms. The van der Waals surface area contributed by atoms with Crippen LogP contribution in [-0.2, 0) is 19.1 Å². The van der Waals surface area contributed by atoms with Crippen LogP contribution in [0.15, 0.2) is 11.6 Å². The van der Waals surface area contributed by atoms with E-state index in [-0.39, 0.29) is 30.3 Å². The van der Waals surface area contributed by atoms with Crippen LogP contribution in [0.4, 0.5) is 0 Å². The fourth-order valence-corrected chi connectivity index (χ4v) is 8.61. The fourth-order valence-electron chi connectivity index (χ4n) is 7.60. The normalized spacial score (nSPS) is 43.9. The van der Waals surface area contributed by atoms with Gasteiger partial charge in [-0.25, -0.2) is 0 Å². The molecule has 3 saturated carbocycles. The SMILES string of the molecule is CC(=O)O[C@@]1(C(=O)C(I)I)CC[C@H]2[C@@H]3CCC4=CC(=O)CC[C@]4(C)[C@H]3CC[C@@]21C. The minimum Gasteiger partial charge on any atom is -0.451 e. The van der Waals surface area contributed by atoms with E-state index in [4.69, 9.17) is 4.74 Å². The molecule has 29 heavy (non-hydrogen) atoms. The van der Waals surface area contributed by atoms with E-state index in [0.29, 0.717) is 30.6 Å². The van der Waals surface area contributed by atoms with Gasteiger partial charge >= 0.3 is 5.97 Å². The number of allylic oxidation sites excluding steroid dienone is 1. The number of esters is 1. The molecule has 4 rings (SSSR count). The maximum Gasteiger partial charge on any atom is 0.303 e. The molecule has 160 valence electrons. The zero-order chi connectivity index (χ0) is 21.2. The van der Waals surface area contributed by atoms with E-state index in [1.165, 1.54) is 12.5 Å². The summed E-state index contributed by atoms with van der Waals surface area (Å²) in [6, 6.07) is 0. The van der Waals surface area contributed by atoms with Gasteiger partial charge < -0.3 is 4.74 Å². The molecule has 0 unspecified atom stereocenters. The molecule has 0 amide bonds. The van der Waals surface area contributed by atoms with Crippen LogP contribution in [0.2, 0.25) is 0 Å². The number of ketones is 2. The molecular weight excluding hydrogens is 594 g/mol. The Hall–Kier alpha value is 0.01000. The summed E-state index contributed by atoms with van der Waals surface area (Å²) in [5, 5.41) is 0. The highest BCUT2D eigenvalue weighted by atomic mass is 127. The van der Waals surface area contributed by atoms with Crippen molar-refractivity contribution in [2.24, 2.45) is 28.6 Å². The van der Waals surface area contributed by atoms with Crippen molar-refractivity contribution in [3.05, 3.63) is 11.6 Å². The van der Waals surface area contributed by atoms with Crippen molar-refractivity contribution in [2.75, 3.05) is 0 Å². The van der Waals surface area contributed by atoms with Gasteiger partial charge in [0.2, 0.25) is 0 Å². The quantitative estimate of drug-likeness (QED) is 0.234. The topological polar surface area (TPSA) is 60.4 Å². The van der Waals surface area contributed by atoms with Crippen molar-refractivity contribution < 1.29 is 19.1 Å². The molecule has 0 N–H and O–H groups in total. The average Bonchev–Trinajstić information content (AvgIpc) is 2.94. The van der Waals surface area contributed by atoms with E-state index in [9.17, 15) is 14.4 Å². The Balaban J connectivity index is 1.71. The van der Waals surface area contributed by atoms with Gasteiger partial charge in [0.1, 0.15) is 1.93 Å². The summed E-state index contributed by atoms with van der Waals surface area (Å²) in [6.45, 7) is 6.02. The Kier molecular flexibility index (Phi) is 5.79. The molecule has 0 aromatic carbocycles. The van der Waals surface area contributed by atoms with Crippen LogP contribution < -0.4 is 0 Å². The molecule has 0 heterocycles. The summed E-state index contributed by atoms with van der Waals surface area (Å²) in [7, 11) is 0. The predicted octanol–water partition coefficient (Wildman–Crippen LogP) is 5.59. The number of Topliss-reactive ketones (excluding diaryl/α,β-unsaturated/α-hetero) is 1. The molecule has 6 heteroatoms. The zero-order valence-corrected chi connectivity index (χ0v) is 21.7. The molecular formula is C23H30I2O4. The van der Waals surface area contributed by atoms with Gasteiger partial charge in [-0.3, -0.25) is 14.4 Å². The maximum atomic E-state index is 13.4. The first kappa shape index (κ1) is 22.2. The second-order valence-corrected chi connectivity index (χ2v) is 14.9. The van der Waals surface area contributed by atoms with Gasteiger partial charge in [-0.05, 0) is 74.2 Å². The Morgan fingerprint density at radius 2 is 1.76 bits per heavy atom. The molecule has 0 saturated heterocycles. The van der Waals surface area contributed by atoms with Gasteiger partial charge in [0, 0.05) is 18.8 Å². The number of ether oxygens (including phenoxy) is 1. The number of carbonyl (C=O) groups is 3. The first-order chi connectivity index (χ1) is 13.5. The molecule has 3 fully saturated rings. The van der Waals surface area contributed by atoms with Gasteiger partial charge in [0.15, 0.2) is 17.2 Å². The summed E-state index contributed by atoms with van der Waals surface area (Å²) in [4.78, 5) is 37.5. The standard InChI is InChI=1S/C23H30I2O4/c1-13(26)29-23(19(28)20(24)25)11-8-18-16-5-4-14-12-15(27)6-9-21(14,2)17(16)7-10-22(18,23)3/h12,16-18,20H,4-11H2,1-3H3/t16-,17+,18+,21+,22+,23-/m1/s1. The van der Waals surface area contributed by atoms with Gasteiger partial charge in [-0.15, -0.1) is 0 Å². The molecule has 0 radical (unpaired) electrons. The number of carbonyl (C=O) groups excluding carboxylic acids is 3. The molecule has 4 nitrogen and oxygen atoms in total. The molecule has 6 atom stereocenters. The summed E-state index contributed by atoms with van der Waals surface area (Å²) in [5.74, 6) is 1.51. The number of fused-ring (bicyclic) bond motifs is 5. The Morgan fingerprint density at radius 1 is 1.07 bits per heavy atom. The number of alkyl halides is 2. The third kappa shape index (κ3) is 3.20. The number of rotatable bonds is 3. The summed E-state index contributed by atoms with van der Waals surface area (Å²) in [6.07, 6.45) is 9.18. The van der Waals surface area contributed by atoms with Crippen LogP contribution in [0.3, 0.4) is 0 Å². The molecule has 0 aliphatic heterocycles. The second kappa shape index (κ2) is 7.55. The first-order valence-electron chi connectivity index (χ1n) is 10.8. The van der Waals surface area contributed by atoms with E-state index < -0.39 is 5.60 Å². The van der Waals surface area contributed by atoms with Crippen LogP contribution in [0.25, 0.3) is 0 Å². The highest BCUT2D eigenvalue weighted by Gasteiger charge is 2.69. The smallest absolute Gasteiger partial charge is 0.303 e. The Morgan fingerprint density at radius 3 is 2.41 bits per heavy atom. The van der Waals surface area contributed by atoms with E-state index in [1.807, 2.05) is 6.08 Å². The van der Waals surface area contributed by atoms with E-state index in [2.05, 4.69) is 59.0 Å². The van der Waals surface area contributed by atoms with Gasteiger partial charge in [0.25, 0.3) is 0 Å². The first-order valence-corrected chi connectivity index (χ1v) is 13.3. The largest absolute Gasteiger partial charge is 0.451 e. The summed E-state index contributed by atoms with van der Waals surface area (Å²) in [5.41, 5.74) is 0.192. The van der Waals surface area contributed by atoms with Gasteiger partial charge in [-0.2, -0.15) is 0 Å². The van der Waals surface area contributed by atoms with E-state index in [0.717, 1.165) is 38.5 Å². The zero-order valence-electron chi connectivity index (χ0n) is 17.4. The number of halogens is 2. The summed E-state index contributed by atoms with van der Waals surface area (Å²) >= 11 is 4.31. The summed E-state index contributed by atoms with van der Waals surface area (Å²) < 4.78 is 5.76. The minimum atomic E-state index is -0.985. The molecule has 0 aromatic rings. The third-order valence-corrected chi connectivity index (χ3v) is 10.1. The molecule has 0 aromatic heterocycles. The molecule has 4 aliphatic rings. The average molecular weight is 624 g/mol. The van der Waals surface area contributed by atoms with Gasteiger partial charge in [-0.1, -0.05) is 64.6 Å². The van der Waals surface area contributed by atoms with Crippen LogP contribution in [-0.4, -0.2) is 25.1 Å². The van der Waals surface area contributed by atoms with Crippen molar-refractivity contribution in [2.45, 2.75) is 79.7 Å². The highest BCUT2D eigenvalue weighted by Crippen LogP contribution is 2.68. The van der Waals surface area contributed by atoms with Crippen LogP contribution in [0.1, 0.15) is 72.1 Å². The van der Waals surface area contributed by atoms with Crippen molar-refractivity contribution >= 4 is 62.7 Å². The third-order valence-electron chi connectivity index (χ3n) is 9.00.